The van der Waals surface area contributed by atoms with Gasteiger partial charge in [0.2, 0.25) is 5.91 Å². The smallest absolute Gasteiger partial charge is 0.221 e. The lowest BCUT2D eigenvalue weighted by atomic mass is 10.2. The van der Waals surface area contributed by atoms with Crippen LogP contribution in [0.25, 0.3) is 0 Å². The van der Waals surface area contributed by atoms with Crippen molar-refractivity contribution in [2.24, 2.45) is 0 Å². The van der Waals surface area contributed by atoms with E-state index in [0.29, 0.717) is 17.0 Å². The Bertz CT molecular complexity index is 443. The van der Waals surface area contributed by atoms with Crippen molar-refractivity contribution in [1.82, 2.24) is 0 Å². The first-order valence-electron chi connectivity index (χ1n) is 4.72. The molecule has 0 heterocycles. The predicted octanol–water partition coefficient (Wildman–Crippen LogP) is 0.997. The molecule has 0 fully saturated rings. The van der Waals surface area contributed by atoms with E-state index in [-0.39, 0.29) is 12.5 Å². The molecule has 1 aromatic rings. The van der Waals surface area contributed by atoms with E-state index in [9.17, 15) is 4.79 Å². The van der Waals surface area contributed by atoms with Crippen LogP contribution in [0.2, 0.25) is 0 Å². The highest BCUT2D eigenvalue weighted by Gasteiger charge is 2.04. The summed E-state index contributed by atoms with van der Waals surface area (Å²) in [6.45, 7) is 1.23. The number of anilines is 1. The average Bonchev–Trinajstić information content (AvgIpc) is 2.26. The molecule has 4 nitrogen and oxygen atoms in total. The fourth-order valence-corrected chi connectivity index (χ4v) is 1.21. The Hall–Kier alpha value is -1.99. The summed E-state index contributed by atoms with van der Waals surface area (Å²) in [7, 11) is 1.53. The van der Waals surface area contributed by atoms with Crippen LogP contribution in [0.5, 0.6) is 5.75 Å². The lowest BCUT2D eigenvalue weighted by Crippen LogP contribution is -2.07. The molecule has 0 bridgehead atoms. The van der Waals surface area contributed by atoms with E-state index in [2.05, 4.69) is 17.2 Å². The number of ether oxygens (including phenoxy) is 1. The minimum absolute atomic E-state index is 0.175. The SMILES string of the molecule is COc1ccc(C#CCO)cc1NC(C)=O. The monoisotopic (exact) mass is 219 g/mol. The molecule has 0 aliphatic heterocycles. The molecule has 1 aromatic carbocycles. The maximum Gasteiger partial charge on any atom is 0.221 e. The second-order valence-electron chi connectivity index (χ2n) is 3.06. The molecule has 16 heavy (non-hydrogen) atoms. The van der Waals surface area contributed by atoms with Crippen LogP contribution in [0.4, 0.5) is 5.69 Å². The molecule has 0 atom stereocenters. The summed E-state index contributed by atoms with van der Waals surface area (Å²) in [6, 6.07) is 5.17. The fourth-order valence-electron chi connectivity index (χ4n) is 1.21. The Morgan fingerprint density at radius 2 is 2.31 bits per heavy atom. The van der Waals surface area contributed by atoms with Gasteiger partial charge in [0.1, 0.15) is 12.4 Å². The second-order valence-corrected chi connectivity index (χ2v) is 3.06. The summed E-state index contributed by atoms with van der Waals surface area (Å²) in [5.74, 6) is 5.69. The Labute approximate surface area is 94.2 Å². The zero-order valence-corrected chi connectivity index (χ0v) is 9.20. The van der Waals surface area contributed by atoms with Crippen molar-refractivity contribution in [2.45, 2.75) is 6.92 Å². The molecule has 1 rings (SSSR count). The van der Waals surface area contributed by atoms with Gasteiger partial charge in [0.05, 0.1) is 12.8 Å². The van der Waals surface area contributed by atoms with E-state index in [1.54, 1.807) is 18.2 Å². The number of hydrogen-bond acceptors (Lipinski definition) is 3. The third kappa shape index (κ3) is 3.30. The van der Waals surface area contributed by atoms with Crippen LogP contribution in [-0.2, 0) is 4.79 Å². The number of benzene rings is 1. The van der Waals surface area contributed by atoms with Gasteiger partial charge >= 0.3 is 0 Å². The molecule has 4 heteroatoms. The van der Waals surface area contributed by atoms with Gasteiger partial charge in [0, 0.05) is 12.5 Å². The van der Waals surface area contributed by atoms with Crippen LogP contribution in [0.3, 0.4) is 0 Å². The van der Waals surface area contributed by atoms with Crippen LogP contribution in [0.15, 0.2) is 18.2 Å². The summed E-state index contributed by atoms with van der Waals surface area (Å²) >= 11 is 0. The molecule has 0 aromatic heterocycles. The van der Waals surface area contributed by atoms with Crippen LogP contribution in [0, 0.1) is 11.8 Å². The lowest BCUT2D eigenvalue weighted by molar-refractivity contribution is -0.114. The zero-order chi connectivity index (χ0) is 12.0. The zero-order valence-electron chi connectivity index (χ0n) is 9.20. The van der Waals surface area contributed by atoms with Gasteiger partial charge in [-0.1, -0.05) is 11.8 Å². The Morgan fingerprint density at radius 3 is 2.88 bits per heavy atom. The first-order valence-corrected chi connectivity index (χ1v) is 4.72. The van der Waals surface area contributed by atoms with Gasteiger partial charge in [0.25, 0.3) is 0 Å². The van der Waals surface area contributed by atoms with E-state index < -0.39 is 0 Å². The van der Waals surface area contributed by atoms with Crippen molar-refractivity contribution < 1.29 is 14.6 Å². The average molecular weight is 219 g/mol. The minimum Gasteiger partial charge on any atom is -0.495 e. The minimum atomic E-state index is -0.193. The maximum absolute atomic E-state index is 11.0. The number of nitrogens with one attached hydrogen (secondary N) is 1. The number of aliphatic hydroxyl groups excluding tert-OH is 1. The van der Waals surface area contributed by atoms with Gasteiger partial charge in [-0.15, -0.1) is 0 Å². The largest absolute Gasteiger partial charge is 0.495 e. The van der Waals surface area contributed by atoms with Crippen molar-refractivity contribution in [1.29, 1.82) is 0 Å². The van der Waals surface area contributed by atoms with Gasteiger partial charge in [-0.25, -0.2) is 0 Å². The van der Waals surface area contributed by atoms with Gasteiger partial charge in [-0.05, 0) is 18.2 Å². The molecule has 0 unspecified atom stereocenters. The fraction of sp³-hybridized carbons (Fsp3) is 0.250. The van der Waals surface area contributed by atoms with Crippen molar-refractivity contribution in [3.8, 4) is 17.6 Å². The highest BCUT2D eigenvalue weighted by Crippen LogP contribution is 2.24. The molecular weight excluding hydrogens is 206 g/mol. The number of aliphatic hydroxyl groups is 1. The number of methoxy groups -OCH3 is 1. The van der Waals surface area contributed by atoms with Crippen LogP contribution >= 0.6 is 0 Å². The molecule has 0 spiro atoms. The molecule has 0 saturated heterocycles. The number of carbonyl (C=O) groups excluding carboxylic acids is 1. The molecule has 0 saturated carbocycles. The molecule has 1 amide bonds. The van der Waals surface area contributed by atoms with Crippen molar-refractivity contribution >= 4 is 11.6 Å². The predicted molar refractivity (Wildman–Crippen MR) is 61.3 cm³/mol. The quantitative estimate of drug-likeness (QED) is 0.729. The van der Waals surface area contributed by atoms with Crippen molar-refractivity contribution in [2.75, 3.05) is 19.0 Å². The first kappa shape index (κ1) is 12.1. The van der Waals surface area contributed by atoms with E-state index in [0.717, 1.165) is 0 Å². The molecule has 0 radical (unpaired) electrons. The molecule has 0 aliphatic carbocycles. The second kappa shape index (κ2) is 5.79. The van der Waals surface area contributed by atoms with Crippen molar-refractivity contribution in [3.05, 3.63) is 23.8 Å². The summed E-state index contributed by atoms with van der Waals surface area (Å²) in [4.78, 5) is 11.0. The van der Waals surface area contributed by atoms with E-state index in [1.165, 1.54) is 14.0 Å². The molecule has 2 N–H and O–H groups in total. The van der Waals surface area contributed by atoms with Crippen LogP contribution in [0.1, 0.15) is 12.5 Å². The molecular formula is C12H13NO3. The Balaban J connectivity index is 3.05. The highest BCUT2D eigenvalue weighted by atomic mass is 16.5. The van der Waals surface area contributed by atoms with Gasteiger partial charge in [-0.2, -0.15) is 0 Å². The summed E-state index contributed by atoms with van der Waals surface area (Å²) in [5.41, 5.74) is 1.28. The Kier molecular flexibility index (Phi) is 4.37. The van der Waals surface area contributed by atoms with Gasteiger partial charge in [-0.3, -0.25) is 4.79 Å². The Morgan fingerprint density at radius 1 is 1.56 bits per heavy atom. The third-order valence-electron chi connectivity index (χ3n) is 1.82. The highest BCUT2D eigenvalue weighted by molar-refractivity contribution is 5.90. The van der Waals surface area contributed by atoms with E-state index >= 15 is 0 Å². The summed E-state index contributed by atoms with van der Waals surface area (Å²) < 4.78 is 5.09. The number of rotatable bonds is 2. The number of amides is 1. The lowest BCUT2D eigenvalue weighted by Gasteiger charge is -2.08. The number of carbonyl (C=O) groups is 1. The first-order chi connectivity index (χ1) is 7.67. The molecule has 0 aliphatic rings. The normalized spacial score (nSPS) is 8.94. The van der Waals surface area contributed by atoms with E-state index in [1.807, 2.05) is 0 Å². The van der Waals surface area contributed by atoms with Crippen LogP contribution in [-0.4, -0.2) is 24.7 Å². The number of hydrogen-bond donors (Lipinski definition) is 2. The maximum atomic E-state index is 11.0. The third-order valence-corrected chi connectivity index (χ3v) is 1.82. The topological polar surface area (TPSA) is 58.6 Å². The van der Waals surface area contributed by atoms with Crippen LogP contribution < -0.4 is 10.1 Å². The molecule has 84 valence electrons. The standard InChI is InChI=1S/C12H13NO3/c1-9(15)13-11-8-10(4-3-7-14)5-6-12(11)16-2/h5-6,8,14H,7H2,1-2H3,(H,13,15). The van der Waals surface area contributed by atoms with Gasteiger partial charge < -0.3 is 15.2 Å². The van der Waals surface area contributed by atoms with Crippen molar-refractivity contribution in [3.63, 3.8) is 0 Å². The summed E-state index contributed by atoms with van der Waals surface area (Å²) in [5, 5.41) is 11.2. The van der Waals surface area contributed by atoms with Gasteiger partial charge in [0.15, 0.2) is 0 Å². The van der Waals surface area contributed by atoms with E-state index in [4.69, 9.17) is 9.84 Å². The summed E-state index contributed by atoms with van der Waals surface area (Å²) in [6.07, 6.45) is 0.